The van der Waals surface area contributed by atoms with Crippen LogP contribution in [0.2, 0.25) is 15.1 Å². The van der Waals surface area contributed by atoms with Crippen molar-refractivity contribution < 1.29 is 23.8 Å². The molecule has 0 aliphatic carbocycles. The van der Waals surface area contributed by atoms with Gasteiger partial charge >= 0.3 is 0 Å². The summed E-state index contributed by atoms with van der Waals surface area (Å²) in [5.41, 5.74) is 28.5. The Morgan fingerprint density at radius 1 is 0.297 bits per heavy atom. The fourth-order valence-corrected chi connectivity index (χ4v) is 15.5. The van der Waals surface area contributed by atoms with Crippen molar-refractivity contribution in [3.05, 3.63) is 426 Å². The van der Waals surface area contributed by atoms with Crippen LogP contribution in [-0.4, -0.2) is 22.6 Å². The van der Waals surface area contributed by atoms with E-state index in [0.717, 1.165) is 42.5 Å². The molecule has 0 aromatic heterocycles. The summed E-state index contributed by atoms with van der Waals surface area (Å²) < 4.78 is 26.7. The van der Waals surface area contributed by atoms with E-state index in [-0.39, 0.29) is 119 Å². The molecule has 12 aromatic carbocycles. The van der Waals surface area contributed by atoms with Crippen molar-refractivity contribution in [3.8, 4) is 0 Å². The van der Waals surface area contributed by atoms with E-state index in [0.29, 0.717) is 10.6 Å². The lowest BCUT2D eigenvalue weighted by atomic mass is 9.84. The maximum atomic E-state index is 12.9. The highest BCUT2D eigenvalue weighted by atomic mass is 79.9. The quantitative estimate of drug-likeness (QED) is 0.137. The van der Waals surface area contributed by atoms with E-state index in [1.165, 1.54) is 107 Å². The lowest BCUT2D eigenvalue weighted by Crippen LogP contribution is -2.13. The Morgan fingerprint density at radius 3 is 0.952 bits per heavy atom. The van der Waals surface area contributed by atoms with E-state index in [1.54, 1.807) is 19.1 Å². The van der Waals surface area contributed by atoms with Crippen molar-refractivity contribution in [3.63, 3.8) is 0 Å². The number of hydrogen-bond acceptors (Lipinski definition) is 3. The summed E-state index contributed by atoms with van der Waals surface area (Å²) >= 11 is 21.3. The number of rotatable bonds is 3. The van der Waals surface area contributed by atoms with Gasteiger partial charge in [0.2, 0.25) is 0 Å². The molecule has 0 atom stereocenters. The number of carbonyl (C=O) groups excluding carboxylic acids is 1. The molecule has 0 unspecified atom stereocenters. The van der Waals surface area contributed by atoms with E-state index in [2.05, 4.69) is 436 Å². The van der Waals surface area contributed by atoms with Crippen molar-refractivity contribution in [1.82, 2.24) is 0 Å². The zero-order valence-corrected chi connectivity index (χ0v) is 98.7. The molecule has 0 aliphatic rings. The second-order valence-electron chi connectivity index (χ2n) is 49.1. The van der Waals surface area contributed by atoms with E-state index in [9.17, 15) is 13.6 Å². The van der Waals surface area contributed by atoms with Gasteiger partial charge in [0.25, 0.3) is 0 Å². The van der Waals surface area contributed by atoms with E-state index < -0.39 is 6.61 Å². The Hall–Kier alpha value is -9.07. The van der Waals surface area contributed by atoms with Gasteiger partial charge in [0.15, 0.2) is 11.5 Å². The van der Waals surface area contributed by atoms with Crippen LogP contribution in [0.1, 0.15) is 401 Å². The van der Waals surface area contributed by atoms with Gasteiger partial charge in [-0.3, -0.25) is 4.79 Å². The second kappa shape index (κ2) is 62.4. The fraction of sp³-hybridized carbons (Fsp3) is 0.452. The van der Waals surface area contributed by atoms with Crippen LogP contribution in [0, 0.1) is 66.7 Å². The van der Waals surface area contributed by atoms with Crippen LogP contribution in [0.15, 0.2) is 271 Å². The minimum atomic E-state index is -0.423. The van der Waals surface area contributed by atoms with Crippen molar-refractivity contribution in [2.24, 2.45) is 0 Å². The van der Waals surface area contributed by atoms with Crippen molar-refractivity contribution in [1.29, 1.82) is 0 Å². The van der Waals surface area contributed by atoms with Crippen LogP contribution >= 0.6 is 50.7 Å². The molecule has 0 fully saturated rings. The molecule has 145 heavy (non-hydrogen) atoms. The van der Waals surface area contributed by atoms with Crippen LogP contribution in [0.25, 0.3) is 4.85 Å². The second-order valence-corrected chi connectivity index (χ2v) is 51.3. The summed E-state index contributed by atoms with van der Waals surface area (Å²) in [6.45, 7) is 99.5. The standard InChI is InChI=1S/C12H16O2.2C11H15Cl.C11H15F.C11H13N.C11H16O.4C11H16.C10H13Br.C10H12ClF.4CH4/c1-12(2,3)10-6-4-5-9(7-10)11(14)8-13;1-8-5-9(11(2,3)4)7-10(12)6-8;1-8-9(11(2,3)4)6-5-7-10(8)12;1-8-7-9(11(2,3)4)5-6-10(8)12;1-11(2,3)9-6-5-7-10(8-9)12-4;1-11(2,3)10-7-5-4-6-9(10)8-12;3*1-9-6-5-7-10(8-9)11(2,3)4;1-9-7-5-6-8-10(9)11(2,3)4;1-10(2,3)8-5-4-6-9(11)7-8;1-10(2,3)8-5-4-7(12)6-9(8)11;;;;/h4-7,13H,8H2,1-3H3;3*5-7H,1-4H3;5-8H,1-3H3;4-7,12H,8H2,1-3H3;4*5-8H,1-4H3;4-7H,1-3H3;4-6H,1-3H3;4*1H4. The summed E-state index contributed by atoms with van der Waals surface area (Å²) in [7, 11) is 0. The highest BCUT2D eigenvalue weighted by Crippen LogP contribution is 2.36. The molecule has 0 bridgehead atoms. The molecule has 12 aromatic rings. The molecule has 2 N–H and O–H groups in total. The lowest BCUT2D eigenvalue weighted by molar-refractivity contribution is 0.0903. The zero-order chi connectivity index (χ0) is 109. The predicted molar refractivity (Wildman–Crippen MR) is 648 cm³/mol. The number of Topliss-reactive ketones (excluding diaryl/α,β-unsaturated/α-hetero) is 1. The van der Waals surface area contributed by atoms with Gasteiger partial charge in [0.05, 0.1) is 13.2 Å². The monoisotopic (exact) mass is 2100 g/mol. The molecule has 0 radical (unpaired) electrons. The van der Waals surface area contributed by atoms with Crippen molar-refractivity contribution in [2.75, 3.05) is 6.61 Å². The van der Waals surface area contributed by atoms with Crippen molar-refractivity contribution >= 4 is 62.2 Å². The molecule has 0 saturated heterocycles. The number of aryl methyl sites for hydroxylation is 6. The van der Waals surface area contributed by atoms with Crippen molar-refractivity contribution in [2.45, 2.75) is 399 Å². The number of benzene rings is 12. The minimum absolute atomic E-state index is 0. The molecule has 4 nitrogen and oxygen atoms in total. The smallest absolute Gasteiger partial charge is 0.188 e. The van der Waals surface area contributed by atoms with Crippen LogP contribution in [0.5, 0.6) is 0 Å². The largest absolute Gasteiger partial charge is 0.392 e. The molecular weight excluding hydrogens is 1910 g/mol. The highest BCUT2D eigenvalue weighted by Gasteiger charge is 2.24. The van der Waals surface area contributed by atoms with Gasteiger partial charge in [-0.05, 0) is 257 Å². The molecule has 0 saturated carbocycles. The van der Waals surface area contributed by atoms with Gasteiger partial charge in [-0.2, -0.15) is 0 Å². The summed E-state index contributed by atoms with van der Waals surface area (Å²) in [5, 5.41) is 20.0. The Labute approximate surface area is 911 Å². The molecule has 800 valence electrons. The summed E-state index contributed by atoms with van der Waals surface area (Å²) in [6.07, 6.45) is 0. The maximum Gasteiger partial charge on any atom is 0.188 e. The number of aliphatic hydroxyl groups is 2. The number of carbonyl (C=O) groups is 1. The van der Waals surface area contributed by atoms with Crippen LogP contribution in [0.3, 0.4) is 0 Å². The van der Waals surface area contributed by atoms with Gasteiger partial charge < -0.3 is 10.2 Å². The molecule has 0 amide bonds. The number of nitrogens with zero attached hydrogens (tertiary/aromatic N) is 1. The first-order valence-electron chi connectivity index (χ1n) is 49.4. The summed E-state index contributed by atoms with van der Waals surface area (Å²) in [4.78, 5) is 14.6. The number of hydrogen-bond donors (Lipinski definition) is 2. The topological polar surface area (TPSA) is 61.9 Å². The normalized spacial score (nSPS) is 11.3. The first-order valence-corrected chi connectivity index (χ1v) is 51.3. The van der Waals surface area contributed by atoms with E-state index in [4.69, 9.17) is 51.6 Å². The molecular formula is C135H195BrCl3F2NO3. The number of ketones is 1. The molecule has 0 aliphatic heterocycles. The lowest BCUT2D eigenvalue weighted by Gasteiger charge is -2.21. The fourth-order valence-electron chi connectivity index (χ4n) is 14.2. The van der Waals surface area contributed by atoms with Gasteiger partial charge in [0, 0.05) is 25.1 Å². The first-order chi connectivity index (χ1) is 64.2. The highest BCUT2D eigenvalue weighted by molar-refractivity contribution is 9.10. The zero-order valence-electron chi connectivity index (χ0n) is 94.8. The Balaban J connectivity index is -0.000000746. The third-order valence-electron chi connectivity index (χ3n) is 23.1. The molecule has 0 spiro atoms. The molecule has 12 rings (SSSR count). The molecule has 0 heterocycles. The third-order valence-corrected chi connectivity index (χ3v) is 24.5. The number of halogens is 6. The molecule has 10 heteroatoms. The maximum absolute atomic E-state index is 12.9. The van der Waals surface area contributed by atoms with E-state index in [1.807, 2.05) is 112 Å². The Bertz CT molecular complexity index is 5600. The van der Waals surface area contributed by atoms with Gasteiger partial charge in [-0.15, -0.1) is 0 Å². The Kier molecular flexibility index (Phi) is 61.2. The van der Waals surface area contributed by atoms with Crippen LogP contribution in [-0.2, 0) is 71.6 Å². The predicted octanol–water partition coefficient (Wildman–Crippen LogP) is 42.7. The van der Waals surface area contributed by atoms with Gasteiger partial charge in [-0.25, -0.2) is 13.6 Å². The SMILES string of the molecule is C.C.C.C.CC(C)(C)c1ccc(F)cc1Cl.CC(C)(C)c1cccc(Br)c1.CC(C)(C)c1cccc(C(=O)CO)c1.CC(C)(C)c1ccccc1CO.Cc1c(Cl)cccc1C(C)(C)C.Cc1cc(C(C)(C)C)ccc1F.Cc1cc(Cl)cc(C(C)(C)C)c1.Cc1cccc(C(C)(C)C)c1.Cc1cccc(C(C)(C)C)c1.Cc1cccc(C(C)(C)C)c1.Cc1ccccc1C(C)(C)C.[C-]#[N+]c1cccc(C(C)(C)C)c1. The van der Waals surface area contributed by atoms with Crippen LogP contribution in [0.4, 0.5) is 14.5 Å². The minimum Gasteiger partial charge on any atom is -0.392 e. The van der Waals surface area contributed by atoms with E-state index >= 15 is 0 Å². The summed E-state index contributed by atoms with van der Waals surface area (Å²) in [6, 6.07) is 88.4. The first kappa shape index (κ1) is 142. The summed E-state index contributed by atoms with van der Waals surface area (Å²) in [5.74, 6) is -0.632. The average Bonchev–Trinajstić information content (AvgIpc) is 0.815. The Morgan fingerprint density at radius 2 is 0.634 bits per heavy atom. The third kappa shape index (κ3) is 55.7. The average molecular weight is 2100 g/mol. The van der Waals surface area contributed by atoms with Gasteiger partial charge in [0.1, 0.15) is 18.2 Å². The number of aliphatic hydroxyl groups excluding tert-OH is 2. The van der Waals surface area contributed by atoms with Crippen LogP contribution < -0.4 is 0 Å². The van der Waals surface area contributed by atoms with Gasteiger partial charge in [-0.1, -0.05) is 564 Å².